The summed E-state index contributed by atoms with van der Waals surface area (Å²) in [6.45, 7) is 5.49. The van der Waals surface area contributed by atoms with Crippen LogP contribution in [0.15, 0.2) is 0 Å². The molecule has 94 valence electrons. The van der Waals surface area contributed by atoms with Gasteiger partial charge in [-0.1, -0.05) is 0 Å². The molecule has 3 heteroatoms. The minimum atomic E-state index is 0.365. The molecule has 1 heterocycles. The lowest BCUT2D eigenvalue weighted by Crippen LogP contribution is -2.47. The number of methoxy groups -OCH3 is 1. The SMILES string of the molecule is COCC(C1CC1)N1CCC(C(C)N)CC1. The highest BCUT2D eigenvalue weighted by molar-refractivity contribution is 4.90. The van der Waals surface area contributed by atoms with Crippen LogP contribution in [0.4, 0.5) is 0 Å². The molecule has 0 aromatic heterocycles. The van der Waals surface area contributed by atoms with E-state index in [1.165, 1.54) is 38.8 Å². The first kappa shape index (κ1) is 12.3. The molecular formula is C13H26N2O. The van der Waals surface area contributed by atoms with E-state index >= 15 is 0 Å². The molecule has 0 spiro atoms. The fraction of sp³-hybridized carbons (Fsp3) is 1.00. The van der Waals surface area contributed by atoms with Crippen LogP contribution in [-0.2, 0) is 4.74 Å². The molecule has 1 aliphatic carbocycles. The second-order valence-electron chi connectivity index (χ2n) is 5.59. The van der Waals surface area contributed by atoms with Crippen molar-refractivity contribution < 1.29 is 4.74 Å². The zero-order chi connectivity index (χ0) is 11.5. The molecule has 16 heavy (non-hydrogen) atoms. The van der Waals surface area contributed by atoms with Gasteiger partial charge in [0.2, 0.25) is 0 Å². The van der Waals surface area contributed by atoms with Crippen LogP contribution >= 0.6 is 0 Å². The summed E-state index contributed by atoms with van der Waals surface area (Å²) in [6.07, 6.45) is 5.34. The first-order chi connectivity index (χ1) is 7.72. The Morgan fingerprint density at radius 1 is 1.19 bits per heavy atom. The molecule has 1 aliphatic heterocycles. The van der Waals surface area contributed by atoms with Crippen molar-refractivity contribution in [2.45, 2.75) is 44.7 Å². The van der Waals surface area contributed by atoms with E-state index in [0.717, 1.165) is 18.4 Å². The van der Waals surface area contributed by atoms with E-state index in [-0.39, 0.29) is 0 Å². The molecule has 2 aliphatic rings. The van der Waals surface area contributed by atoms with Crippen LogP contribution in [0.3, 0.4) is 0 Å². The molecule has 2 atom stereocenters. The van der Waals surface area contributed by atoms with Gasteiger partial charge in [-0.2, -0.15) is 0 Å². The normalized spacial score (nSPS) is 27.9. The Balaban J connectivity index is 1.81. The average Bonchev–Trinajstić information content (AvgIpc) is 3.10. The fourth-order valence-corrected chi connectivity index (χ4v) is 2.97. The average molecular weight is 226 g/mol. The van der Waals surface area contributed by atoms with Crippen LogP contribution in [0.25, 0.3) is 0 Å². The quantitative estimate of drug-likeness (QED) is 0.771. The fourth-order valence-electron chi connectivity index (χ4n) is 2.97. The van der Waals surface area contributed by atoms with Crippen molar-refractivity contribution in [2.24, 2.45) is 17.6 Å². The number of ether oxygens (including phenoxy) is 1. The van der Waals surface area contributed by atoms with Crippen molar-refractivity contribution >= 4 is 0 Å². The van der Waals surface area contributed by atoms with Crippen LogP contribution in [0.2, 0.25) is 0 Å². The summed E-state index contributed by atoms with van der Waals surface area (Å²) in [5.41, 5.74) is 5.98. The number of rotatable bonds is 5. The summed E-state index contributed by atoms with van der Waals surface area (Å²) in [5, 5.41) is 0. The van der Waals surface area contributed by atoms with Gasteiger partial charge in [0.25, 0.3) is 0 Å². The van der Waals surface area contributed by atoms with Crippen LogP contribution in [0, 0.1) is 11.8 Å². The zero-order valence-electron chi connectivity index (χ0n) is 10.7. The monoisotopic (exact) mass is 226 g/mol. The molecule has 0 aromatic carbocycles. The Morgan fingerprint density at radius 2 is 1.81 bits per heavy atom. The molecule has 1 saturated carbocycles. The molecule has 2 fully saturated rings. The van der Waals surface area contributed by atoms with Gasteiger partial charge in [0.05, 0.1) is 6.61 Å². The summed E-state index contributed by atoms with van der Waals surface area (Å²) < 4.78 is 5.37. The Kier molecular flexibility index (Phi) is 4.22. The second kappa shape index (κ2) is 5.48. The number of nitrogens with zero attached hydrogens (tertiary/aromatic N) is 1. The maximum atomic E-state index is 5.98. The lowest BCUT2D eigenvalue weighted by Gasteiger charge is -2.38. The minimum Gasteiger partial charge on any atom is -0.383 e. The third-order valence-corrected chi connectivity index (χ3v) is 4.29. The molecule has 1 saturated heterocycles. The minimum absolute atomic E-state index is 0.365. The molecule has 3 nitrogen and oxygen atoms in total. The van der Waals surface area contributed by atoms with Crippen LogP contribution < -0.4 is 5.73 Å². The second-order valence-corrected chi connectivity index (χ2v) is 5.59. The highest BCUT2D eigenvalue weighted by atomic mass is 16.5. The van der Waals surface area contributed by atoms with Crippen molar-refractivity contribution in [3.05, 3.63) is 0 Å². The van der Waals surface area contributed by atoms with E-state index in [0.29, 0.717) is 12.1 Å². The maximum absolute atomic E-state index is 5.98. The van der Waals surface area contributed by atoms with Gasteiger partial charge in [-0.3, -0.25) is 4.90 Å². The Morgan fingerprint density at radius 3 is 2.25 bits per heavy atom. The molecule has 0 radical (unpaired) electrons. The van der Waals surface area contributed by atoms with Gasteiger partial charge in [0, 0.05) is 19.2 Å². The molecular weight excluding hydrogens is 200 g/mol. The third-order valence-electron chi connectivity index (χ3n) is 4.29. The largest absolute Gasteiger partial charge is 0.383 e. The molecule has 2 rings (SSSR count). The highest BCUT2D eigenvalue weighted by Gasteiger charge is 2.36. The van der Waals surface area contributed by atoms with Crippen LogP contribution in [0.1, 0.15) is 32.6 Å². The topological polar surface area (TPSA) is 38.5 Å². The Bertz CT molecular complexity index is 208. The molecule has 2 N–H and O–H groups in total. The van der Waals surface area contributed by atoms with Crippen LogP contribution in [-0.4, -0.2) is 43.8 Å². The smallest absolute Gasteiger partial charge is 0.0620 e. The lowest BCUT2D eigenvalue weighted by molar-refractivity contribution is 0.0510. The van der Waals surface area contributed by atoms with Crippen molar-refractivity contribution in [1.29, 1.82) is 0 Å². The van der Waals surface area contributed by atoms with Gasteiger partial charge in [0.1, 0.15) is 0 Å². The summed E-state index contributed by atoms with van der Waals surface area (Å²) >= 11 is 0. The van der Waals surface area contributed by atoms with E-state index < -0.39 is 0 Å². The van der Waals surface area contributed by atoms with Gasteiger partial charge in [0.15, 0.2) is 0 Å². The van der Waals surface area contributed by atoms with Crippen molar-refractivity contribution in [1.82, 2.24) is 4.90 Å². The van der Waals surface area contributed by atoms with E-state index in [9.17, 15) is 0 Å². The van der Waals surface area contributed by atoms with Crippen LogP contribution in [0.5, 0.6) is 0 Å². The van der Waals surface area contributed by atoms with Gasteiger partial charge in [-0.25, -0.2) is 0 Å². The molecule has 2 unspecified atom stereocenters. The van der Waals surface area contributed by atoms with E-state index in [4.69, 9.17) is 10.5 Å². The Labute approximate surface area is 99.3 Å². The van der Waals surface area contributed by atoms with E-state index in [1.54, 1.807) is 0 Å². The standard InChI is InChI=1S/C13H26N2O/c1-10(14)11-5-7-15(8-6-11)13(9-16-2)12-3-4-12/h10-13H,3-9,14H2,1-2H3. The predicted octanol–water partition coefficient (Wildman–Crippen LogP) is 1.47. The van der Waals surface area contributed by atoms with E-state index in [2.05, 4.69) is 11.8 Å². The van der Waals surface area contributed by atoms with Gasteiger partial charge < -0.3 is 10.5 Å². The summed E-state index contributed by atoms with van der Waals surface area (Å²) in [7, 11) is 1.82. The lowest BCUT2D eigenvalue weighted by atomic mass is 9.90. The number of nitrogens with two attached hydrogens (primary N) is 1. The summed E-state index contributed by atoms with van der Waals surface area (Å²) in [5.74, 6) is 1.64. The first-order valence-corrected chi connectivity index (χ1v) is 6.71. The predicted molar refractivity (Wildman–Crippen MR) is 66.3 cm³/mol. The third kappa shape index (κ3) is 2.96. The number of likely N-dealkylation sites (tertiary alicyclic amines) is 1. The van der Waals surface area contributed by atoms with E-state index in [1.807, 2.05) is 7.11 Å². The zero-order valence-corrected chi connectivity index (χ0v) is 10.7. The molecule has 0 aromatic rings. The van der Waals surface area contributed by atoms with Crippen molar-refractivity contribution in [3.8, 4) is 0 Å². The first-order valence-electron chi connectivity index (χ1n) is 6.71. The number of hydrogen-bond donors (Lipinski definition) is 1. The molecule has 0 amide bonds. The maximum Gasteiger partial charge on any atom is 0.0620 e. The van der Waals surface area contributed by atoms with Gasteiger partial charge in [-0.15, -0.1) is 0 Å². The van der Waals surface area contributed by atoms with Crippen molar-refractivity contribution in [3.63, 3.8) is 0 Å². The van der Waals surface area contributed by atoms with Gasteiger partial charge >= 0.3 is 0 Å². The number of hydrogen-bond acceptors (Lipinski definition) is 3. The Hall–Kier alpha value is -0.120. The highest BCUT2D eigenvalue weighted by Crippen LogP contribution is 2.37. The van der Waals surface area contributed by atoms with Crippen molar-refractivity contribution in [2.75, 3.05) is 26.8 Å². The van der Waals surface area contributed by atoms with Gasteiger partial charge in [-0.05, 0) is 57.5 Å². The summed E-state index contributed by atoms with van der Waals surface area (Å²) in [4.78, 5) is 2.64. The molecule has 0 bridgehead atoms. The summed E-state index contributed by atoms with van der Waals surface area (Å²) in [6, 6.07) is 1.04. The number of piperidine rings is 1.